The molecule has 0 fully saturated rings. The fraction of sp³-hybridized carbons (Fsp3) is 0.733. The van der Waals surface area contributed by atoms with Gasteiger partial charge in [0.05, 0.1) is 11.7 Å². The second-order valence-electron chi connectivity index (χ2n) is 5.03. The molecule has 0 bridgehead atoms. The van der Waals surface area contributed by atoms with Crippen LogP contribution in [0.15, 0.2) is 12.3 Å². The van der Waals surface area contributed by atoms with E-state index >= 15 is 0 Å². The van der Waals surface area contributed by atoms with Crippen LogP contribution in [0.4, 0.5) is 0 Å². The summed E-state index contributed by atoms with van der Waals surface area (Å²) in [5.74, 6) is 0.113. The zero-order chi connectivity index (χ0) is 14.8. The molecule has 114 valence electrons. The first-order valence-corrected chi connectivity index (χ1v) is 7.72. The summed E-state index contributed by atoms with van der Waals surface area (Å²) < 4.78 is 2.05. The summed E-state index contributed by atoms with van der Waals surface area (Å²) in [4.78, 5) is 11.4. The van der Waals surface area contributed by atoms with Gasteiger partial charge in [-0.2, -0.15) is 5.10 Å². The lowest BCUT2D eigenvalue weighted by Gasteiger charge is -2.12. The van der Waals surface area contributed by atoms with Gasteiger partial charge in [0, 0.05) is 32.3 Å². The van der Waals surface area contributed by atoms with Crippen LogP contribution < -0.4 is 10.6 Å². The molecule has 1 aromatic heterocycles. The first-order valence-electron chi connectivity index (χ1n) is 7.72. The second kappa shape index (κ2) is 9.53. The monoisotopic (exact) mass is 280 g/mol. The molecule has 5 heteroatoms. The van der Waals surface area contributed by atoms with Gasteiger partial charge in [0.2, 0.25) is 5.91 Å². The molecule has 0 saturated carbocycles. The van der Waals surface area contributed by atoms with Crippen molar-refractivity contribution in [2.45, 2.75) is 59.0 Å². The Labute approximate surface area is 122 Å². The van der Waals surface area contributed by atoms with Gasteiger partial charge in [-0.25, -0.2) is 0 Å². The number of carbonyl (C=O) groups is 1. The number of rotatable bonds is 10. The molecule has 0 aromatic carbocycles. The Kier molecular flexibility index (Phi) is 7.95. The lowest BCUT2D eigenvalue weighted by atomic mass is 10.2. The molecule has 1 heterocycles. The number of nitrogens with zero attached hydrogens (tertiary/aromatic N) is 2. The van der Waals surface area contributed by atoms with Crippen molar-refractivity contribution in [2.75, 3.05) is 13.1 Å². The summed E-state index contributed by atoms with van der Waals surface area (Å²) in [7, 11) is 0. The molecular weight excluding hydrogens is 252 g/mol. The lowest BCUT2D eigenvalue weighted by Crippen LogP contribution is -2.28. The highest BCUT2D eigenvalue weighted by Crippen LogP contribution is 2.14. The molecule has 0 radical (unpaired) electrons. The maximum Gasteiger partial charge on any atom is 0.221 e. The number of amides is 1. The van der Waals surface area contributed by atoms with Crippen molar-refractivity contribution in [3.8, 4) is 0 Å². The quantitative estimate of drug-likeness (QED) is 0.646. The van der Waals surface area contributed by atoms with Crippen LogP contribution in [-0.4, -0.2) is 28.8 Å². The Morgan fingerprint density at radius 2 is 2.05 bits per heavy atom. The standard InChI is InChI=1S/C15H28N4O/c1-4-9-17-15(20)7-10-16-12-13-8-11-19(18-13)14(5-2)6-3/h8,11,14,16H,4-7,9-10,12H2,1-3H3,(H,17,20). The van der Waals surface area contributed by atoms with Crippen LogP contribution in [0, 0.1) is 0 Å². The Bertz CT molecular complexity index is 385. The predicted molar refractivity (Wildman–Crippen MR) is 81.5 cm³/mol. The maximum atomic E-state index is 11.4. The largest absolute Gasteiger partial charge is 0.356 e. The molecule has 0 atom stereocenters. The highest BCUT2D eigenvalue weighted by Gasteiger charge is 2.07. The van der Waals surface area contributed by atoms with Gasteiger partial charge in [0.15, 0.2) is 0 Å². The third kappa shape index (κ3) is 5.74. The summed E-state index contributed by atoms with van der Waals surface area (Å²) in [5, 5.41) is 10.7. The van der Waals surface area contributed by atoms with E-state index in [4.69, 9.17) is 0 Å². The molecular formula is C15H28N4O. The van der Waals surface area contributed by atoms with Crippen LogP contribution in [0.25, 0.3) is 0 Å². The van der Waals surface area contributed by atoms with E-state index in [0.717, 1.165) is 31.5 Å². The van der Waals surface area contributed by atoms with Crippen LogP contribution in [0.2, 0.25) is 0 Å². The highest BCUT2D eigenvalue weighted by atomic mass is 16.1. The van der Waals surface area contributed by atoms with Crippen LogP contribution >= 0.6 is 0 Å². The summed E-state index contributed by atoms with van der Waals surface area (Å²) >= 11 is 0. The molecule has 0 aliphatic carbocycles. The topological polar surface area (TPSA) is 59.0 Å². The molecule has 1 aromatic rings. The van der Waals surface area contributed by atoms with Crippen LogP contribution in [-0.2, 0) is 11.3 Å². The van der Waals surface area contributed by atoms with Crippen molar-refractivity contribution in [3.05, 3.63) is 18.0 Å². The van der Waals surface area contributed by atoms with E-state index in [1.165, 1.54) is 0 Å². The highest BCUT2D eigenvalue weighted by molar-refractivity contribution is 5.75. The van der Waals surface area contributed by atoms with Crippen molar-refractivity contribution in [3.63, 3.8) is 0 Å². The van der Waals surface area contributed by atoms with Gasteiger partial charge < -0.3 is 10.6 Å². The maximum absolute atomic E-state index is 11.4. The van der Waals surface area contributed by atoms with E-state index in [2.05, 4.69) is 36.5 Å². The summed E-state index contributed by atoms with van der Waals surface area (Å²) in [6, 6.07) is 2.53. The summed E-state index contributed by atoms with van der Waals surface area (Å²) in [5.41, 5.74) is 1.03. The van der Waals surface area contributed by atoms with Gasteiger partial charge in [-0.1, -0.05) is 20.8 Å². The van der Waals surface area contributed by atoms with Crippen LogP contribution in [0.5, 0.6) is 0 Å². The number of hydrogen-bond acceptors (Lipinski definition) is 3. The van der Waals surface area contributed by atoms with Crippen LogP contribution in [0.3, 0.4) is 0 Å². The zero-order valence-electron chi connectivity index (χ0n) is 13.0. The lowest BCUT2D eigenvalue weighted by molar-refractivity contribution is -0.120. The van der Waals surface area contributed by atoms with Crippen LogP contribution in [0.1, 0.15) is 58.2 Å². The Morgan fingerprint density at radius 1 is 1.30 bits per heavy atom. The van der Waals surface area contributed by atoms with Gasteiger partial charge in [-0.05, 0) is 25.3 Å². The Balaban J connectivity index is 2.24. The number of aromatic nitrogens is 2. The fourth-order valence-corrected chi connectivity index (χ4v) is 2.11. The number of carbonyl (C=O) groups excluding carboxylic acids is 1. The third-order valence-electron chi connectivity index (χ3n) is 3.39. The number of hydrogen-bond donors (Lipinski definition) is 2. The SMILES string of the molecule is CCCNC(=O)CCNCc1ccn(C(CC)CC)n1. The molecule has 0 aliphatic heterocycles. The minimum atomic E-state index is 0.113. The molecule has 5 nitrogen and oxygen atoms in total. The van der Waals surface area contributed by atoms with Gasteiger partial charge in [0.1, 0.15) is 0 Å². The second-order valence-corrected chi connectivity index (χ2v) is 5.03. The van der Waals surface area contributed by atoms with Crippen molar-refractivity contribution in [2.24, 2.45) is 0 Å². The third-order valence-corrected chi connectivity index (χ3v) is 3.39. The molecule has 0 spiro atoms. The summed E-state index contributed by atoms with van der Waals surface area (Å²) in [6.45, 7) is 8.58. The first-order chi connectivity index (χ1) is 9.71. The Morgan fingerprint density at radius 3 is 2.70 bits per heavy atom. The van der Waals surface area contributed by atoms with Gasteiger partial charge in [0.25, 0.3) is 0 Å². The van der Waals surface area contributed by atoms with Crippen molar-refractivity contribution in [1.29, 1.82) is 0 Å². The van der Waals surface area contributed by atoms with Crippen molar-refractivity contribution < 1.29 is 4.79 Å². The summed E-state index contributed by atoms with van der Waals surface area (Å²) in [6.07, 6.45) is 5.74. The van der Waals surface area contributed by atoms with Gasteiger partial charge >= 0.3 is 0 Å². The van der Waals surface area contributed by atoms with Gasteiger partial charge in [-0.15, -0.1) is 0 Å². The van der Waals surface area contributed by atoms with Gasteiger partial charge in [-0.3, -0.25) is 9.48 Å². The minimum Gasteiger partial charge on any atom is -0.356 e. The number of nitrogens with one attached hydrogen (secondary N) is 2. The van der Waals surface area contributed by atoms with E-state index in [1.807, 2.05) is 16.9 Å². The molecule has 0 unspecified atom stereocenters. The van der Waals surface area contributed by atoms with Crippen molar-refractivity contribution >= 4 is 5.91 Å². The van der Waals surface area contributed by atoms with E-state index in [9.17, 15) is 4.79 Å². The molecule has 0 saturated heterocycles. The first kappa shape index (κ1) is 16.7. The smallest absolute Gasteiger partial charge is 0.221 e. The Hall–Kier alpha value is -1.36. The average molecular weight is 280 g/mol. The average Bonchev–Trinajstić information content (AvgIpc) is 2.91. The van der Waals surface area contributed by atoms with E-state index in [0.29, 0.717) is 25.6 Å². The predicted octanol–water partition coefficient (Wildman–Crippen LogP) is 2.25. The molecule has 2 N–H and O–H groups in total. The van der Waals surface area contributed by atoms with E-state index < -0.39 is 0 Å². The fourth-order valence-electron chi connectivity index (χ4n) is 2.11. The van der Waals surface area contributed by atoms with E-state index in [1.54, 1.807) is 0 Å². The van der Waals surface area contributed by atoms with Crippen molar-refractivity contribution in [1.82, 2.24) is 20.4 Å². The van der Waals surface area contributed by atoms with E-state index in [-0.39, 0.29) is 5.91 Å². The molecule has 20 heavy (non-hydrogen) atoms. The minimum absolute atomic E-state index is 0.113. The molecule has 1 rings (SSSR count). The zero-order valence-corrected chi connectivity index (χ0v) is 13.0. The molecule has 0 aliphatic rings. The normalized spacial score (nSPS) is 11.0. The molecule has 1 amide bonds.